The van der Waals surface area contributed by atoms with E-state index in [-0.39, 0.29) is 12.5 Å². The lowest BCUT2D eigenvalue weighted by molar-refractivity contribution is -0.136. The molecule has 1 aliphatic heterocycles. The normalized spacial score (nSPS) is 18.1. The van der Waals surface area contributed by atoms with Gasteiger partial charge in [0.15, 0.2) is 0 Å². The van der Waals surface area contributed by atoms with Gasteiger partial charge in [0.05, 0.1) is 11.9 Å². The first-order valence-corrected chi connectivity index (χ1v) is 12.7. The molecule has 1 saturated heterocycles. The highest BCUT2D eigenvalue weighted by molar-refractivity contribution is 7.22. The minimum Gasteiger partial charge on any atom is -0.375 e. The summed E-state index contributed by atoms with van der Waals surface area (Å²) in [6.07, 6.45) is 10.0. The van der Waals surface area contributed by atoms with Crippen molar-refractivity contribution in [1.82, 2.24) is 25.0 Å². The lowest BCUT2D eigenvalue weighted by Gasteiger charge is -2.38. The molecule has 1 fully saturated rings. The summed E-state index contributed by atoms with van der Waals surface area (Å²) in [6.45, 7) is 5.55. The Morgan fingerprint density at radius 2 is 2.09 bits per heavy atom. The zero-order chi connectivity index (χ0) is 23.5. The second-order valence-corrected chi connectivity index (χ2v) is 9.65. The van der Waals surface area contributed by atoms with E-state index in [0.717, 1.165) is 78.7 Å². The molecule has 0 saturated carbocycles. The van der Waals surface area contributed by atoms with Crippen LogP contribution in [0.15, 0.2) is 41.3 Å². The summed E-state index contributed by atoms with van der Waals surface area (Å²) in [6, 6.07) is 4.22. The number of nitrogens with zero attached hydrogens (tertiary/aromatic N) is 5. The van der Waals surface area contributed by atoms with Gasteiger partial charge in [-0.2, -0.15) is 5.10 Å². The van der Waals surface area contributed by atoms with E-state index in [9.17, 15) is 4.79 Å². The van der Waals surface area contributed by atoms with Gasteiger partial charge < -0.3 is 14.5 Å². The zero-order valence-electron chi connectivity index (χ0n) is 19.7. The van der Waals surface area contributed by atoms with Crippen LogP contribution in [0.5, 0.6) is 0 Å². The van der Waals surface area contributed by atoms with Crippen molar-refractivity contribution in [2.24, 2.45) is 4.99 Å². The van der Waals surface area contributed by atoms with Gasteiger partial charge in [-0.15, -0.1) is 0 Å². The van der Waals surface area contributed by atoms with Crippen molar-refractivity contribution >= 4 is 38.2 Å². The molecule has 3 aromatic rings. The first kappa shape index (κ1) is 22.7. The first-order valence-electron chi connectivity index (χ1n) is 11.9. The monoisotopic (exact) mass is 478 g/mol. The Kier molecular flexibility index (Phi) is 6.73. The van der Waals surface area contributed by atoms with Crippen LogP contribution >= 0.6 is 11.3 Å². The maximum absolute atomic E-state index is 12.1. The fourth-order valence-electron chi connectivity index (χ4n) is 4.71. The lowest BCUT2D eigenvalue weighted by Crippen LogP contribution is -2.49. The number of hydrogen-bond donors (Lipinski definition) is 1. The van der Waals surface area contributed by atoms with Crippen LogP contribution in [-0.4, -0.2) is 76.5 Å². The second kappa shape index (κ2) is 10.1. The van der Waals surface area contributed by atoms with Gasteiger partial charge in [-0.3, -0.25) is 9.89 Å². The average molecular weight is 479 g/mol. The number of thiophene rings is 1. The van der Waals surface area contributed by atoms with Gasteiger partial charge in [0.2, 0.25) is 5.91 Å². The molecule has 1 amide bonds. The average Bonchev–Trinajstić information content (AvgIpc) is 3.52. The molecular formula is C25H30N6O2S. The third-order valence-electron chi connectivity index (χ3n) is 6.54. The number of nitrogens with one attached hydrogen (secondary N) is 1. The predicted molar refractivity (Wildman–Crippen MR) is 136 cm³/mol. The van der Waals surface area contributed by atoms with E-state index in [0.29, 0.717) is 0 Å². The molecular weight excluding hydrogens is 448 g/mol. The zero-order valence-corrected chi connectivity index (χ0v) is 20.5. The third-order valence-corrected chi connectivity index (χ3v) is 7.57. The van der Waals surface area contributed by atoms with Crippen LogP contribution in [0.3, 0.4) is 0 Å². The molecule has 0 radical (unpaired) electrons. The fourth-order valence-corrected chi connectivity index (χ4v) is 5.88. The summed E-state index contributed by atoms with van der Waals surface area (Å²) in [7, 11) is 1.57. The molecule has 178 valence electrons. The molecule has 1 aliphatic carbocycles. The largest absolute Gasteiger partial charge is 0.375 e. The number of aromatic amines is 1. The highest BCUT2D eigenvalue weighted by atomic mass is 32.1. The number of methoxy groups -OCH3 is 1. The van der Waals surface area contributed by atoms with Gasteiger partial charge in [0, 0.05) is 61.8 Å². The highest BCUT2D eigenvalue weighted by Crippen LogP contribution is 2.39. The van der Waals surface area contributed by atoms with Crippen molar-refractivity contribution in [1.29, 1.82) is 0 Å². The van der Waals surface area contributed by atoms with Crippen LogP contribution in [-0.2, 0) is 16.0 Å². The number of allylic oxidation sites excluding steroid dienone is 2. The summed E-state index contributed by atoms with van der Waals surface area (Å²) in [4.78, 5) is 27.4. The molecule has 0 aromatic carbocycles. The van der Waals surface area contributed by atoms with Crippen LogP contribution in [0.25, 0.3) is 21.5 Å². The Balaban J connectivity index is 1.37. The van der Waals surface area contributed by atoms with E-state index in [1.807, 2.05) is 11.1 Å². The number of ether oxygens (including phenoxy) is 1. The summed E-state index contributed by atoms with van der Waals surface area (Å²) in [5, 5.41) is 9.16. The first-order chi connectivity index (χ1) is 16.7. The van der Waals surface area contributed by atoms with E-state index in [1.165, 1.54) is 16.6 Å². The standard InChI is InChI=1S/C25H30N6O2S/c1-3-20-21-7-8-22(17-14-26-27-15-17)29-25(21)34-24(20)28-18-5-4-6-19(13-18)30-9-11-31(12-10-30)23(32)16-33-2/h7-8,13-15H,3-6,9-12,16H2,1-2H3,(H,26,27). The number of aryl methyl sites for hydroxylation is 1. The maximum atomic E-state index is 12.1. The van der Waals surface area contributed by atoms with Crippen LogP contribution in [0.1, 0.15) is 31.7 Å². The number of amides is 1. The molecule has 4 heterocycles. The minimum atomic E-state index is 0.0726. The van der Waals surface area contributed by atoms with Gasteiger partial charge in [0.25, 0.3) is 0 Å². The number of piperazine rings is 1. The van der Waals surface area contributed by atoms with Gasteiger partial charge >= 0.3 is 0 Å². The number of pyridine rings is 1. The quantitative estimate of drug-likeness (QED) is 0.574. The number of aliphatic imine (C=N–C) groups is 1. The van der Waals surface area contributed by atoms with Gasteiger partial charge in [-0.05, 0) is 49.5 Å². The van der Waals surface area contributed by atoms with Crippen LogP contribution < -0.4 is 0 Å². The Hall–Kier alpha value is -3.04. The molecule has 0 spiro atoms. The Morgan fingerprint density at radius 3 is 2.82 bits per heavy atom. The van der Waals surface area contributed by atoms with Crippen molar-refractivity contribution < 1.29 is 9.53 Å². The molecule has 0 bridgehead atoms. The van der Waals surface area contributed by atoms with Crippen molar-refractivity contribution in [3.63, 3.8) is 0 Å². The van der Waals surface area contributed by atoms with Crippen molar-refractivity contribution in [3.05, 3.63) is 41.9 Å². The third kappa shape index (κ3) is 4.63. The molecule has 8 nitrogen and oxygen atoms in total. The molecule has 3 aromatic heterocycles. The highest BCUT2D eigenvalue weighted by Gasteiger charge is 2.24. The topological polar surface area (TPSA) is 86.7 Å². The number of carbonyl (C=O) groups is 1. The smallest absolute Gasteiger partial charge is 0.248 e. The van der Waals surface area contributed by atoms with Crippen LogP contribution in [0.4, 0.5) is 5.00 Å². The Bertz CT molecular complexity index is 1220. The van der Waals surface area contributed by atoms with E-state index < -0.39 is 0 Å². The number of carbonyl (C=O) groups excluding carboxylic acids is 1. The van der Waals surface area contributed by atoms with E-state index >= 15 is 0 Å². The van der Waals surface area contributed by atoms with E-state index in [1.54, 1.807) is 24.6 Å². The van der Waals surface area contributed by atoms with Crippen LogP contribution in [0.2, 0.25) is 0 Å². The van der Waals surface area contributed by atoms with Gasteiger partial charge in [0.1, 0.15) is 16.4 Å². The fraction of sp³-hybridized carbons (Fsp3) is 0.440. The van der Waals surface area contributed by atoms with Gasteiger partial charge in [-0.25, -0.2) is 9.98 Å². The Morgan fingerprint density at radius 1 is 1.24 bits per heavy atom. The molecule has 5 rings (SSSR count). The lowest BCUT2D eigenvalue weighted by atomic mass is 10.0. The molecule has 1 N–H and O–H groups in total. The second-order valence-electron chi connectivity index (χ2n) is 8.67. The summed E-state index contributed by atoms with van der Waals surface area (Å²) in [5.41, 5.74) is 5.65. The number of fused-ring (bicyclic) bond motifs is 1. The summed E-state index contributed by atoms with van der Waals surface area (Å²) >= 11 is 1.67. The molecule has 34 heavy (non-hydrogen) atoms. The number of H-pyrrole nitrogens is 1. The molecule has 9 heteroatoms. The summed E-state index contributed by atoms with van der Waals surface area (Å²) < 4.78 is 5.00. The minimum absolute atomic E-state index is 0.0726. The van der Waals surface area contributed by atoms with E-state index in [2.05, 4.69) is 40.2 Å². The number of rotatable bonds is 6. The predicted octanol–water partition coefficient (Wildman–Crippen LogP) is 4.18. The van der Waals surface area contributed by atoms with Crippen molar-refractivity contribution in [2.75, 3.05) is 39.9 Å². The molecule has 0 unspecified atom stereocenters. The van der Waals surface area contributed by atoms with Crippen molar-refractivity contribution in [3.8, 4) is 11.3 Å². The van der Waals surface area contributed by atoms with Crippen molar-refractivity contribution in [2.45, 2.75) is 32.6 Å². The molecule has 2 aliphatic rings. The number of hydrogen-bond acceptors (Lipinski definition) is 7. The Labute approximate surface area is 203 Å². The molecule has 0 atom stereocenters. The van der Waals surface area contributed by atoms with E-state index in [4.69, 9.17) is 14.7 Å². The van der Waals surface area contributed by atoms with Gasteiger partial charge in [-0.1, -0.05) is 18.3 Å². The number of aromatic nitrogens is 3. The SMILES string of the molecule is CCc1c(N=C2C=C(N3CCN(C(=O)COC)CC3)CCC2)sc2nc(-c3cn[nH]c3)ccc12. The summed E-state index contributed by atoms with van der Waals surface area (Å²) in [5.74, 6) is 0.0726. The van der Waals surface area contributed by atoms with Crippen LogP contribution in [0, 0.1) is 0 Å². The maximum Gasteiger partial charge on any atom is 0.248 e.